The lowest BCUT2D eigenvalue weighted by Gasteiger charge is -2.26. The number of sulfonamides is 1. The highest BCUT2D eigenvalue weighted by Crippen LogP contribution is 2.12. The first-order valence-corrected chi connectivity index (χ1v) is 11.1. The van der Waals surface area contributed by atoms with Crippen molar-refractivity contribution in [3.8, 4) is 0 Å². The van der Waals surface area contributed by atoms with Gasteiger partial charge in [0.15, 0.2) is 0 Å². The van der Waals surface area contributed by atoms with Gasteiger partial charge >= 0.3 is 0 Å². The van der Waals surface area contributed by atoms with Crippen LogP contribution in [0.2, 0.25) is 0 Å². The van der Waals surface area contributed by atoms with Crippen LogP contribution >= 0.6 is 0 Å². The highest BCUT2D eigenvalue weighted by molar-refractivity contribution is 7.89. The van der Waals surface area contributed by atoms with Crippen LogP contribution < -0.4 is 10.0 Å². The van der Waals surface area contributed by atoms with Gasteiger partial charge in [-0.15, -0.1) is 0 Å². The summed E-state index contributed by atoms with van der Waals surface area (Å²) in [6, 6.07) is 10.1. The number of nitrogens with one attached hydrogen (secondary N) is 2. The molecule has 2 heterocycles. The van der Waals surface area contributed by atoms with Gasteiger partial charge in [0, 0.05) is 37.9 Å². The van der Waals surface area contributed by atoms with E-state index in [0.29, 0.717) is 57.2 Å². The summed E-state index contributed by atoms with van der Waals surface area (Å²) in [5, 5.41) is 3.13. The van der Waals surface area contributed by atoms with Gasteiger partial charge < -0.3 is 15.0 Å². The average molecular weight is 419 g/mol. The molecule has 3 rings (SSSR count). The molecular weight excluding hydrogens is 392 g/mol. The first-order valence-electron chi connectivity index (χ1n) is 9.59. The van der Waals surface area contributed by atoms with Gasteiger partial charge in [0.25, 0.3) is 5.91 Å². The topological polar surface area (TPSA) is 101 Å². The highest BCUT2D eigenvalue weighted by Gasteiger charge is 2.18. The zero-order chi connectivity index (χ0) is 20.7. The summed E-state index contributed by atoms with van der Waals surface area (Å²) in [6.45, 7) is 5.03. The van der Waals surface area contributed by atoms with Crippen molar-refractivity contribution in [3.63, 3.8) is 0 Å². The largest absolute Gasteiger partial charge is 0.378 e. The molecule has 2 N–H and O–H groups in total. The number of amides is 1. The van der Waals surface area contributed by atoms with Gasteiger partial charge in [0.1, 0.15) is 5.82 Å². The number of anilines is 1. The van der Waals surface area contributed by atoms with Crippen molar-refractivity contribution >= 4 is 21.7 Å². The van der Waals surface area contributed by atoms with Crippen molar-refractivity contribution in [3.05, 3.63) is 53.7 Å². The second-order valence-electron chi connectivity index (χ2n) is 6.83. The molecule has 0 saturated carbocycles. The number of morpholine rings is 1. The van der Waals surface area contributed by atoms with Gasteiger partial charge in [-0.25, -0.2) is 18.1 Å². The van der Waals surface area contributed by atoms with E-state index in [1.165, 1.54) is 0 Å². The van der Waals surface area contributed by atoms with Crippen molar-refractivity contribution in [2.45, 2.75) is 18.2 Å². The number of carbonyl (C=O) groups is 1. The van der Waals surface area contributed by atoms with E-state index in [2.05, 4.69) is 15.0 Å². The molecule has 0 bridgehead atoms. The lowest BCUT2D eigenvalue weighted by Crippen LogP contribution is -2.40. The normalized spacial score (nSPS) is 14.6. The molecule has 9 heteroatoms. The van der Waals surface area contributed by atoms with E-state index >= 15 is 0 Å². The maximum atomic E-state index is 12.5. The van der Waals surface area contributed by atoms with E-state index in [4.69, 9.17) is 4.74 Å². The van der Waals surface area contributed by atoms with Crippen LogP contribution in [0.3, 0.4) is 0 Å². The third kappa shape index (κ3) is 5.99. The van der Waals surface area contributed by atoms with E-state index in [1.807, 2.05) is 6.92 Å². The molecular formula is C20H26N4O4S. The molecule has 1 amide bonds. The van der Waals surface area contributed by atoms with E-state index in [1.54, 1.807) is 47.5 Å². The Labute approximate surface area is 171 Å². The summed E-state index contributed by atoms with van der Waals surface area (Å²) in [6.07, 6.45) is 2.17. The van der Waals surface area contributed by atoms with Crippen LogP contribution in [-0.4, -0.2) is 63.6 Å². The monoisotopic (exact) mass is 418 g/mol. The molecule has 1 aliphatic heterocycles. The third-order valence-electron chi connectivity index (χ3n) is 4.59. The van der Waals surface area contributed by atoms with E-state index < -0.39 is 10.0 Å². The van der Waals surface area contributed by atoms with Gasteiger partial charge in [0.2, 0.25) is 10.0 Å². The maximum Gasteiger partial charge on any atom is 0.254 e. The Bertz CT molecular complexity index is 926. The van der Waals surface area contributed by atoms with Crippen LogP contribution in [0.1, 0.15) is 22.3 Å². The zero-order valence-corrected chi connectivity index (χ0v) is 17.2. The summed E-state index contributed by atoms with van der Waals surface area (Å²) >= 11 is 0. The van der Waals surface area contributed by atoms with Gasteiger partial charge in [-0.1, -0.05) is 17.7 Å². The molecule has 0 spiro atoms. The van der Waals surface area contributed by atoms with Crippen LogP contribution in [-0.2, 0) is 14.8 Å². The molecule has 8 nitrogen and oxygen atoms in total. The third-order valence-corrected chi connectivity index (χ3v) is 6.07. The minimum atomic E-state index is -3.51. The average Bonchev–Trinajstić information content (AvgIpc) is 2.74. The molecule has 1 aliphatic rings. The summed E-state index contributed by atoms with van der Waals surface area (Å²) in [4.78, 5) is 18.8. The summed E-state index contributed by atoms with van der Waals surface area (Å²) in [7, 11) is -3.51. The maximum absolute atomic E-state index is 12.5. The molecule has 0 atom stereocenters. The molecule has 2 aromatic rings. The molecule has 156 valence electrons. The minimum absolute atomic E-state index is 0.0374. The molecule has 1 aromatic heterocycles. The molecule has 0 radical (unpaired) electrons. The number of aryl methyl sites for hydroxylation is 1. The van der Waals surface area contributed by atoms with E-state index in [9.17, 15) is 13.2 Å². The van der Waals surface area contributed by atoms with Crippen molar-refractivity contribution in [1.82, 2.24) is 14.6 Å². The molecule has 29 heavy (non-hydrogen) atoms. The Morgan fingerprint density at radius 1 is 1.14 bits per heavy atom. The lowest BCUT2D eigenvalue weighted by molar-refractivity contribution is 0.0303. The first-order chi connectivity index (χ1) is 14.0. The fourth-order valence-electron chi connectivity index (χ4n) is 2.92. The van der Waals surface area contributed by atoms with Gasteiger partial charge in [0.05, 0.1) is 18.1 Å². The van der Waals surface area contributed by atoms with Crippen molar-refractivity contribution in [2.24, 2.45) is 0 Å². The number of hydrogen-bond acceptors (Lipinski definition) is 6. The Hall–Kier alpha value is -2.49. The van der Waals surface area contributed by atoms with E-state index in [0.717, 1.165) is 5.56 Å². The Kier molecular flexibility index (Phi) is 7.18. The molecule has 1 saturated heterocycles. The predicted molar refractivity (Wildman–Crippen MR) is 110 cm³/mol. The molecule has 0 aliphatic carbocycles. The Balaban J connectivity index is 1.46. The number of nitrogens with zero attached hydrogens (tertiary/aromatic N) is 2. The molecule has 1 fully saturated rings. The van der Waals surface area contributed by atoms with Crippen LogP contribution in [0.4, 0.5) is 5.82 Å². The van der Waals surface area contributed by atoms with Crippen LogP contribution in [0.15, 0.2) is 47.5 Å². The number of aromatic nitrogens is 1. The molecule has 1 aromatic carbocycles. The first kappa shape index (κ1) is 21.2. The predicted octanol–water partition coefficient (Wildman–Crippen LogP) is 1.64. The SMILES string of the molecule is Cc1ccc(S(=O)(=O)NCCCNc2cc(C(=O)N3CCOCC3)ccn2)cc1. The van der Waals surface area contributed by atoms with Crippen LogP contribution in [0.25, 0.3) is 0 Å². The van der Waals surface area contributed by atoms with Gasteiger partial charge in [-0.05, 0) is 37.6 Å². The van der Waals surface area contributed by atoms with Gasteiger partial charge in [-0.3, -0.25) is 4.79 Å². The quantitative estimate of drug-likeness (QED) is 0.632. The lowest BCUT2D eigenvalue weighted by atomic mass is 10.2. The minimum Gasteiger partial charge on any atom is -0.378 e. The van der Waals surface area contributed by atoms with Crippen molar-refractivity contribution < 1.29 is 17.9 Å². The van der Waals surface area contributed by atoms with Crippen molar-refractivity contribution in [2.75, 3.05) is 44.7 Å². The summed E-state index contributed by atoms with van der Waals surface area (Å²) < 4.78 is 32.4. The standard InChI is InChI=1S/C20H26N4O4S/c1-16-3-5-18(6-4-16)29(26,27)23-9-2-8-21-19-15-17(7-10-22-19)20(25)24-11-13-28-14-12-24/h3-7,10,15,23H,2,8-9,11-14H2,1H3,(H,21,22). The number of pyridine rings is 1. The van der Waals surface area contributed by atoms with Crippen LogP contribution in [0.5, 0.6) is 0 Å². The number of carbonyl (C=O) groups excluding carboxylic acids is 1. The fraction of sp³-hybridized carbons (Fsp3) is 0.400. The summed E-state index contributed by atoms with van der Waals surface area (Å²) in [5.74, 6) is 0.551. The van der Waals surface area contributed by atoms with E-state index in [-0.39, 0.29) is 10.8 Å². The zero-order valence-electron chi connectivity index (χ0n) is 16.4. The number of ether oxygens (including phenoxy) is 1. The number of hydrogen-bond donors (Lipinski definition) is 2. The van der Waals surface area contributed by atoms with Crippen LogP contribution in [0, 0.1) is 6.92 Å². The molecule has 0 unspecified atom stereocenters. The second kappa shape index (κ2) is 9.82. The smallest absolute Gasteiger partial charge is 0.254 e. The second-order valence-corrected chi connectivity index (χ2v) is 8.59. The number of rotatable bonds is 8. The number of benzene rings is 1. The van der Waals surface area contributed by atoms with Crippen molar-refractivity contribution in [1.29, 1.82) is 0 Å². The summed E-state index contributed by atoms with van der Waals surface area (Å²) in [5.41, 5.74) is 1.58. The fourth-order valence-corrected chi connectivity index (χ4v) is 4.00. The van der Waals surface area contributed by atoms with Gasteiger partial charge in [-0.2, -0.15) is 0 Å². The Morgan fingerprint density at radius 3 is 2.59 bits per heavy atom. The Morgan fingerprint density at radius 2 is 1.86 bits per heavy atom. The highest BCUT2D eigenvalue weighted by atomic mass is 32.2.